The summed E-state index contributed by atoms with van der Waals surface area (Å²) in [5, 5.41) is 8.67. The van der Waals surface area contributed by atoms with E-state index in [0.29, 0.717) is 24.6 Å². The summed E-state index contributed by atoms with van der Waals surface area (Å²) < 4.78 is 7.02. The molecule has 1 amide bonds. The molecule has 0 aliphatic heterocycles. The van der Waals surface area contributed by atoms with E-state index in [0.717, 1.165) is 53.4 Å². The topological polar surface area (TPSA) is 73.2 Å². The fraction of sp³-hybridized carbons (Fsp3) is 0.433. The van der Waals surface area contributed by atoms with Crippen molar-refractivity contribution in [1.82, 2.24) is 15.1 Å². The van der Waals surface area contributed by atoms with Crippen molar-refractivity contribution >= 4 is 22.6 Å². The highest BCUT2D eigenvalue weighted by molar-refractivity contribution is 6.00. The number of hydrogen-bond donors (Lipinski definition) is 1. The molecule has 6 heteroatoms. The summed E-state index contributed by atoms with van der Waals surface area (Å²) in [7, 11) is 1.62. The number of nitrogens with one attached hydrogen (secondary N) is 1. The quantitative estimate of drug-likeness (QED) is 0.184. The molecule has 2 atom stereocenters. The highest BCUT2D eigenvalue weighted by Gasteiger charge is 2.16. The lowest BCUT2D eigenvalue weighted by Crippen LogP contribution is -2.27. The van der Waals surface area contributed by atoms with Crippen molar-refractivity contribution in [3.8, 4) is 0 Å². The molecule has 2 aromatic carbocycles. The summed E-state index contributed by atoms with van der Waals surface area (Å²) in [6.45, 7) is 9.89. The number of allylic oxidation sites excluding steroid dienone is 2. The third kappa shape index (κ3) is 7.14. The number of ketones is 1. The summed E-state index contributed by atoms with van der Waals surface area (Å²) in [6.07, 6.45) is 9.28. The second-order valence-electron chi connectivity index (χ2n) is 9.61. The minimum atomic E-state index is -0.155. The predicted molar refractivity (Wildman–Crippen MR) is 146 cm³/mol. The van der Waals surface area contributed by atoms with Crippen LogP contribution in [0.25, 0.3) is 10.9 Å². The zero-order chi connectivity index (χ0) is 26.1. The first-order valence-corrected chi connectivity index (χ1v) is 12.9. The van der Waals surface area contributed by atoms with Crippen LogP contribution in [0.5, 0.6) is 0 Å². The summed E-state index contributed by atoms with van der Waals surface area (Å²) >= 11 is 0. The Morgan fingerprint density at radius 3 is 2.72 bits per heavy atom. The molecule has 3 aromatic rings. The number of ether oxygens (including phenoxy) is 1. The second kappa shape index (κ2) is 13.2. The number of carbonyl (C=O) groups is 2. The molecule has 1 heterocycles. The number of benzene rings is 2. The summed E-state index contributed by atoms with van der Waals surface area (Å²) in [5.41, 5.74) is 4.36. The van der Waals surface area contributed by atoms with Gasteiger partial charge in [-0.1, -0.05) is 56.2 Å². The first kappa shape index (κ1) is 27.3. The van der Waals surface area contributed by atoms with Crippen LogP contribution < -0.4 is 5.32 Å². The van der Waals surface area contributed by atoms with E-state index in [1.807, 2.05) is 74.1 Å². The van der Waals surface area contributed by atoms with Crippen LogP contribution in [0.3, 0.4) is 0 Å². The molecular formula is C30H39N3O3. The molecule has 3 rings (SSSR count). The summed E-state index contributed by atoms with van der Waals surface area (Å²) in [6, 6.07) is 11.5. The molecule has 6 nitrogen and oxygen atoms in total. The summed E-state index contributed by atoms with van der Waals surface area (Å²) in [5.74, 6) is 0.316. The zero-order valence-electron chi connectivity index (χ0n) is 22.2. The number of aromatic nitrogens is 2. The number of nitrogens with zero attached hydrogens (tertiary/aromatic N) is 2. The third-order valence-corrected chi connectivity index (χ3v) is 6.60. The van der Waals surface area contributed by atoms with Crippen molar-refractivity contribution in [2.75, 3.05) is 20.3 Å². The maximum atomic E-state index is 12.8. The van der Waals surface area contributed by atoms with Crippen molar-refractivity contribution in [3.63, 3.8) is 0 Å². The Morgan fingerprint density at radius 1 is 1.19 bits per heavy atom. The number of rotatable bonds is 13. The van der Waals surface area contributed by atoms with Crippen LogP contribution in [0.2, 0.25) is 0 Å². The average molecular weight is 490 g/mol. The Morgan fingerprint density at radius 2 is 2.00 bits per heavy atom. The van der Waals surface area contributed by atoms with E-state index in [4.69, 9.17) is 9.84 Å². The molecule has 1 N–H and O–H groups in total. The van der Waals surface area contributed by atoms with Gasteiger partial charge in [-0.15, -0.1) is 0 Å². The SMILES string of the molecule is CCCC(C/C=C/C(C)C(=O)c1cccc(C)c1)Cn1cc2c(C)c(C(=O)NCCOC)ccc2n1. The number of aryl methyl sites for hydroxylation is 2. The largest absolute Gasteiger partial charge is 0.383 e. The molecule has 0 bridgehead atoms. The molecule has 36 heavy (non-hydrogen) atoms. The Hall–Kier alpha value is -3.25. The highest BCUT2D eigenvalue weighted by Crippen LogP contribution is 2.23. The summed E-state index contributed by atoms with van der Waals surface area (Å²) in [4.78, 5) is 25.3. The van der Waals surface area contributed by atoms with Gasteiger partial charge in [0.25, 0.3) is 5.91 Å². The van der Waals surface area contributed by atoms with Gasteiger partial charge < -0.3 is 10.1 Å². The molecule has 0 saturated carbocycles. The molecule has 0 radical (unpaired) electrons. The molecule has 1 aromatic heterocycles. The predicted octanol–water partition coefficient (Wildman–Crippen LogP) is 5.91. The van der Waals surface area contributed by atoms with E-state index in [1.165, 1.54) is 0 Å². The first-order valence-electron chi connectivity index (χ1n) is 12.9. The fourth-order valence-electron chi connectivity index (χ4n) is 4.56. The van der Waals surface area contributed by atoms with Gasteiger partial charge in [0.15, 0.2) is 5.78 Å². The lowest BCUT2D eigenvalue weighted by atomic mass is 9.95. The van der Waals surface area contributed by atoms with Crippen molar-refractivity contribution in [3.05, 3.63) is 77.0 Å². The van der Waals surface area contributed by atoms with Gasteiger partial charge >= 0.3 is 0 Å². The third-order valence-electron chi connectivity index (χ3n) is 6.60. The number of fused-ring (bicyclic) bond motifs is 1. The van der Waals surface area contributed by atoms with E-state index >= 15 is 0 Å². The van der Waals surface area contributed by atoms with Gasteiger partial charge in [-0.2, -0.15) is 5.10 Å². The van der Waals surface area contributed by atoms with Crippen LogP contribution in [-0.2, 0) is 11.3 Å². The molecular weight excluding hydrogens is 450 g/mol. The van der Waals surface area contributed by atoms with E-state index in [1.54, 1.807) is 7.11 Å². The minimum Gasteiger partial charge on any atom is -0.383 e. The number of carbonyl (C=O) groups excluding carboxylic acids is 2. The lowest BCUT2D eigenvalue weighted by molar-refractivity contribution is 0.0933. The van der Waals surface area contributed by atoms with Crippen molar-refractivity contribution in [1.29, 1.82) is 0 Å². The van der Waals surface area contributed by atoms with E-state index < -0.39 is 0 Å². The van der Waals surface area contributed by atoms with Gasteiger partial charge in [-0.05, 0) is 56.4 Å². The van der Waals surface area contributed by atoms with Crippen molar-refractivity contribution in [2.24, 2.45) is 11.8 Å². The molecule has 2 unspecified atom stereocenters. The maximum Gasteiger partial charge on any atom is 0.251 e. The van der Waals surface area contributed by atoms with Crippen LogP contribution >= 0.6 is 0 Å². The smallest absolute Gasteiger partial charge is 0.251 e. The molecule has 0 aliphatic carbocycles. The monoisotopic (exact) mass is 489 g/mol. The Balaban J connectivity index is 1.67. The molecule has 0 spiro atoms. The normalized spacial score (nSPS) is 13.2. The van der Waals surface area contributed by atoms with Crippen molar-refractivity contribution < 1.29 is 14.3 Å². The van der Waals surface area contributed by atoms with E-state index in [2.05, 4.69) is 18.3 Å². The van der Waals surface area contributed by atoms with Gasteiger partial charge in [0, 0.05) is 48.8 Å². The average Bonchev–Trinajstić information content (AvgIpc) is 3.27. The van der Waals surface area contributed by atoms with Crippen molar-refractivity contribution in [2.45, 2.75) is 53.5 Å². The van der Waals surface area contributed by atoms with E-state index in [9.17, 15) is 9.59 Å². The Bertz CT molecular complexity index is 1210. The van der Waals surface area contributed by atoms with Crippen LogP contribution in [0.15, 0.2) is 54.7 Å². The fourth-order valence-corrected chi connectivity index (χ4v) is 4.56. The number of amides is 1. The van der Waals surface area contributed by atoms with Crippen LogP contribution in [0.4, 0.5) is 0 Å². The lowest BCUT2D eigenvalue weighted by Gasteiger charge is -2.14. The zero-order valence-corrected chi connectivity index (χ0v) is 22.2. The van der Waals surface area contributed by atoms with E-state index in [-0.39, 0.29) is 17.6 Å². The van der Waals surface area contributed by atoms with Gasteiger partial charge in [-0.3, -0.25) is 14.3 Å². The van der Waals surface area contributed by atoms with Gasteiger partial charge in [-0.25, -0.2) is 0 Å². The number of hydrogen-bond acceptors (Lipinski definition) is 4. The van der Waals surface area contributed by atoms with Crippen LogP contribution in [0, 0.1) is 25.7 Å². The van der Waals surface area contributed by atoms with Crippen LogP contribution in [0.1, 0.15) is 65.0 Å². The maximum absolute atomic E-state index is 12.8. The minimum absolute atomic E-state index is 0.0949. The van der Waals surface area contributed by atoms with Crippen LogP contribution in [-0.4, -0.2) is 41.7 Å². The first-order chi connectivity index (χ1) is 17.3. The molecule has 192 valence electrons. The molecule has 0 saturated heterocycles. The van der Waals surface area contributed by atoms with Gasteiger partial charge in [0.2, 0.25) is 0 Å². The molecule has 0 fully saturated rings. The second-order valence-corrected chi connectivity index (χ2v) is 9.61. The van der Waals surface area contributed by atoms with Gasteiger partial charge in [0.1, 0.15) is 0 Å². The Kier molecular flexibility index (Phi) is 10.00. The standard InChI is InChI=1S/C30H39N3O3/c1-6-9-24(12-8-11-22(3)29(34)25-13-7-10-21(2)18-25)19-33-20-27-23(4)26(14-15-28(27)32-33)30(35)31-16-17-36-5/h7-8,10-11,13-15,18,20,22,24H,6,9,12,16-17,19H2,1-5H3,(H,31,35)/b11-8+. The molecule has 0 aliphatic rings. The highest BCUT2D eigenvalue weighted by atomic mass is 16.5. The number of Topliss-reactive ketones (excluding diaryl/α,β-unsaturated/α-hetero) is 1. The number of methoxy groups -OCH3 is 1. The Labute approximate surface area is 214 Å². The van der Waals surface area contributed by atoms with Gasteiger partial charge in [0.05, 0.1) is 12.1 Å².